The van der Waals surface area contributed by atoms with Crippen LogP contribution in [0.15, 0.2) is 65.7 Å². The molecule has 0 atom stereocenters. The van der Waals surface area contributed by atoms with Crippen LogP contribution in [0.25, 0.3) is 0 Å². The van der Waals surface area contributed by atoms with Crippen molar-refractivity contribution in [3.05, 3.63) is 77.4 Å². The second-order valence-corrected chi connectivity index (χ2v) is 9.53. The molecule has 5 rings (SSSR count). The zero-order valence-electron chi connectivity index (χ0n) is 20.0. The van der Waals surface area contributed by atoms with Crippen molar-refractivity contribution >= 4 is 34.6 Å². The molecule has 2 aliphatic rings. The lowest BCUT2D eigenvalue weighted by molar-refractivity contribution is -0.120. The lowest BCUT2D eigenvalue weighted by Crippen LogP contribution is -2.22. The van der Waals surface area contributed by atoms with Gasteiger partial charge in [0.25, 0.3) is 5.91 Å². The zero-order valence-corrected chi connectivity index (χ0v) is 20.0. The summed E-state index contributed by atoms with van der Waals surface area (Å²) in [5.41, 5.74) is 5.28. The first-order valence-corrected chi connectivity index (χ1v) is 12.4. The Morgan fingerprint density at radius 1 is 0.778 bits per heavy atom. The number of carbonyl (C=O) groups excluding carboxylic acids is 2. The van der Waals surface area contributed by atoms with E-state index in [2.05, 4.69) is 10.6 Å². The van der Waals surface area contributed by atoms with Crippen molar-refractivity contribution in [2.45, 2.75) is 44.9 Å². The predicted molar refractivity (Wildman–Crippen MR) is 140 cm³/mol. The third-order valence-corrected chi connectivity index (χ3v) is 6.83. The van der Waals surface area contributed by atoms with E-state index >= 15 is 0 Å². The lowest BCUT2D eigenvalue weighted by atomic mass is 9.99. The highest BCUT2D eigenvalue weighted by Crippen LogP contribution is 2.32. The minimum atomic E-state index is -0.440. The second kappa shape index (κ2) is 10.2. The Morgan fingerprint density at radius 3 is 2.14 bits per heavy atom. The van der Waals surface area contributed by atoms with Gasteiger partial charge in [0.05, 0.1) is 11.4 Å². The van der Waals surface area contributed by atoms with Crippen LogP contribution in [0, 0.1) is 5.92 Å². The Bertz CT molecular complexity index is 1300. The first kappa shape index (κ1) is 23.6. The van der Waals surface area contributed by atoms with Crippen LogP contribution in [0.3, 0.4) is 0 Å². The summed E-state index contributed by atoms with van der Waals surface area (Å²) in [6.07, 6.45) is 7.32. The number of anilines is 2. The largest absolute Gasteiger partial charge is 0.508 e. The van der Waals surface area contributed by atoms with E-state index in [9.17, 15) is 19.8 Å². The van der Waals surface area contributed by atoms with Gasteiger partial charge in [0.1, 0.15) is 11.5 Å². The van der Waals surface area contributed by atoms with Crippen LogP contribution in [0.4, 0.5) is 17.1 Å². The summed E-state index contributed by atoms with van der Waals surface area (Å²) in [5, 5.41) is 25.1. The molecule has 7 heteroatoms. The Hall–Kier alpha value is -4.13. The van der Waals surface area contributed by atoms with E-state index in [1.54, 1.807) is 0 Å². The van der Waals surface area contributed by atoms with Crippen LogP contribution in [-0.2, 0) is 11.2 Å². The number of aliphatic imine (C=N–C) groups is 1. The summed E-state index contributed by atoms with van der Waals surface area (Å²) in [6, 6.07) is 17.1. The summed E-state index contributed by atoms with van der Waals surface area (Å²) in [6.45, 7) is 0. The molecule has 36 heavy (non-hydrogen) atoms. The van der Waals surface area contributed by atoms with Crippen molar-refractivity contribution < 1.29 is 19.8 Å². The fraction of sp³-hybridized carbons (Fsp3) is 0.276. The van der Waals surface area contributed by atoms with E-state index in [0.29, 0.717) is 12.1 Å². The molecule has 0 radical (unpaired) electrons. The molecule has 0 saturated heterocycles. The number of nitrogens with one attached hydrogen (secondary N) is 2. The minimum absolute atomic E-state index is 0.105. The van der Waals surface area contributed by atoms with Crippen molar-refractivity contribution in [1.82, 2.24) is 0 Å². The normalized spacial score (nSPS) is 15.5. The minimum Gasteiger partial charge on any atom is -0.508 e. The number of carbonyl (C=O) groups is 2. The Kier molecular flexibility index (Phi) is 6.71. The SMILES string of the molecule is O=C(Nc1ccc2c(c1)N=C(c1ccc(NC(=O)C3CCCCCC3)cc1)C2)c1cc(O)cc(O)c1. The fourth-order valence-electron chi connectivity index (χ4n) is 4.89. The molecule has 7 nitrogen and oxygen atoms in total. The summed E-state index contributed by atoms with van der Waals surface area (Å²) >= 11 is 0. The first-order chi connectivity index (χ1) is 17.4. The van der Waals surface area contributed by atoms with Crippen LogP contribution in [0.5, 0.6) is 11.5 Å². The Morgan fingerprint density at radius 2 is 1.44 bits per heavy atom. The van der Waals surface area contributed by atoms with Crippen LogP contribution < -0.4 is 10.6 Å². The molecule has 1 aliphatic carbocycles. The highest BCUT2D eigenvalue weighted by molar-refractivity contribution is 6.08. The van der Waals surface area contributed by atoms with Gasteiger partial charge in [0, 0.05) is 35.3 Å². The molecule has 0 bridgehead atoms. The fourth-order valence-corrected chi connectivity index (χ4v) is 4.89. The summed E-state index contributed by atoms with van der Waals surface area (Å²) in [5.74, 6) is -0.582. The number of hydrogen-bond acceptors (Lipinski definition) is 5. The van der Waals surface area contributed by atoms with Gasteiger partial charge in [0.15, 0.2) is 0 Å². The molecule has 3 aromatic rings. The molecule has 1 heterocycles. The van der Waals surface area contributed by atoms with Gasteiger partial charge in [-0.2, -0.15) is 0 Å². The molecule has 3 aromatic carbocycles. The molecule has 0 aromatic heterocycles. The molecule has 184 valence electrons. The van der Waals surface area contributed by atoms with E-state index in [1.807, 2.05) is 42.5 Å². The number of aromatic hydroxyl groups is 2. The standard InChI is InChI=1S/C29H29N3O4/c33-24-13-21(14-25(34)17-24)29(36)31-23-12-9-20-15-26(32-27(20)16-23)18-7-10-22(11-8-18)30-28(35)19-5-3-1-2-4-6-19/h7-14,16-17,19,33-34H,1-6,15H2,(H,30,35)(H,31,36). The van der Waals surface area contributed by atoms with Crippen molar-refractivity contribution in [3.8, 4) is 11.5 Å². The summed E-state index contributed by atoms with van der Waals surface area (Å²) in [7, 11) is 0. The number of amides is 2. The van der Waals surface area contributed by atoms with Crippen LogP contribution in [-0.4, -0.2) is 27.7 Å². The van der Waals surface area contributed by atoms with E-state index in [-0.39, 0.29) is 28.9 Å². The number of benzene rings is 3. The number of fused-ring (bicyclic) bond motifs is 1. The molecule has 4 N–H and O–H groups in total. The second-order valence-electron chi connectivity index (χ2n) is 9.53. The zero-order chi connectivity index (χ0) is 25.1. The molecule has 0 unspecified atom stereocenters. The van der Waals surface area contributed by atoms with Gasteiger partial charge in [-0.1, -0.05) is 43.9 Å². The van der Waals surface area contributed by atoms with Crippen LogP contribution in [0.2, 0.25) is 0 Å². The molecule has 0 spiro atoms. The quantitative estimate of drug-likeness (QED) is 0.337. The van der Waals surface area contributed by atoms with Gasteiger partial charge in [-0.3, -0.25) is 14.6 Å². The predicted octanol–water partition coefficient (Wildman–Crippen LogP) is 5.94. The molecular formula is C29H29N3O4. The maximum Gasteiger partial charge on any atom is 0.255 e. The monoisotopic (exact) mass is 483 g/mol. The van der Waals surface area contributed by atoms with Gasteiger partial charge < -0.3 is 20.8 Å². The number of hydrogen-bond donors (Lipinski definition) is 4. The van der Waals surface area contributed by atoms with Crippen molar-refractivity contribution in [3.63, 3.8) is 0 Å². The van der Waals surface area contributed by atoms with Gasteiger partial charge in [0.2, 0.25) is 5.91 Å². The molecule has 1 saturated carbocycles. The highest BCUT2D eigenvalue weighted by Gasteiger charge is 2.21. The average molecular weight is 484 g/mol. The number of nitrogens with zero attached hydrogens (tertiary/aromatic N) is 1. The van der Waals surface area contributed by atoms with E-state index < -0.39 is 5.91 Å². The Labute approximate surface area is 209 Å². The van der Waals surface area contributed by atoms with E-state index in [4.69, 9.17) is 4.99 Å². The topological polar surface area (TPSA) is 111 Å². The summed E-state index contributed by atoms with van der Waals surface area (Å²) in [4.78, 5) is 29.9. The van der Waals surface area contributed by atoms with Gasteiger partial charge in [-0.25, -0.2) is 0 Å². The van der Waals surface area contributed by atoms with Gasteiger partial charge >= 0.3 is 0 Å². The van der Waals surface area contributed by atoms with Crippen molar-refractivity contribution in [1.29, 1.82) is 0 Å². The maximum absolute atomic E-state index is 12.7. The van der Waals surface area contributed by atoms with E-state index in [0.717, 1.165) is 53.9 Å². The number of rotatable bonds is 5. The van der Waals surface area contributed by atoms with Crippen molar-refractivity contribution in [2.24, 2.45) is 10.9 Å². The van der Waals surface area contributed by atoms with E-state index in [1.165, 1.54) is 31.0 Å². The van der Waals surface area contributed by atoms with Crippen LogP contribution >= 0.6 is 0 Å². The Balaban J connectivity index is 1.24. The molecular weight excluding hydrogens is 454 g/mol. The van der Waals surface area contributed by atoms with Crippen molar-refractivity contribution in [2.75, 3.05) is 10.6 Å². The smallest absolute Gasteiger partial charge is 0.255 e. The third kappa shape index (κ3) is 5.40. The summed E-state index contributed by atoms with van der Waals surface area (Å²) < 4.78 is 0. The van der Waals surface area contributed by atoms with Crippen LogP contribution in [0.1, 0.15) is 60.0 Å². The number of phenols is 2. The average Bonchev–Trinajstić information content (AvgIpc) is 3.08. The van der Waals surface area contributed by atoms with Gasteiger partial charge in [-0.15, -0.1) is 0 Å². The lowest BCUT2D eigenvalue weighted by Gasteiger charge is -2.14. The van der Waals surface area contributed by atoms with Gasteiger partial charge in [-0.05, 0) is 60.4 Å². The third-order valence-electron chi connectivity index (χ3n) is 6.83. The number of phenolic OH excluding ortho intramolecular Hbond substituents is 2. The highest BCUT2D eigenvalue weighted by atomic mass is 16.3. The molecule has 2 amide bonds. The maximum atomic E-state index is 12.7. The molecule has 1 aliphatic heterocycles. The first-order valence-electron chi connectivity index (χ1n) is 12.4. The molecule has 1 fully saturated rings.